The van der Waals surface area contributed by atoms with Crippen LogP contribution in [0.5, 0.6) is 0 Å². The predicted octanol–water partition coefficient (Wildman–Crippen LogP) is 17.6. The molecule has 11 aromatic carbocycles. The van der Waals surface area contributed by atoms with E-state index in [-0.39, 0.29) is 0 Å². The third-order valence-electron chi connectivity index (χ3n) is 14.9. The largest absolute Gasteiger partial charge is 0.208 e. The zero-order chi connectivity index (χ0) is 48.3. The summed E-state index contributed by atoms with van der Waals surface area (Å²) in [5.74, 6) is 1.82. The molecule has 0 saturated carbocycles. The van der Waals surface area contributed by atoms with Crippen LogP contribution in [0.1, 0.15) is 22.3 Å². The number of rotatable bonds is 8. The van der Waals surface area contributed by atoms with Gasteiger partial charge in [-0.2, -0.15) is 0 Å². The second-order valence-electron chi connectivity index (χ2n) is 19.1. The summed E-state index contributed by atoms with van der Waals surface area (Å²) in [6, 6.07) is 98.4. The molecule has 2 aliphatic rings. The fraction of sp³-hybridized carbons (Fsp3) is 0.0143. The van der Waals surface area contributed by atoms with E-state index in [1.807, 2.05) is 0 Å². The van der Waals surface area contributed by atoms with E-state index in [1.165, 1.54) is 55.6 Å². The van der Waals surface area contributed by atoms with Gasteiger partial charge in [0.1, 0.15) is 0 Å². The third-order valence-corrected chi connectivity index (χ3v) is 14.9. The molecule has 3 nitrogen and oxygen atoms in total. The molecule has 0 radical (unpaired) electrons. The Morgan fingerprint density at radius 1 is 0.192 bits per heavy atom. The minimum atomic E-state index is -0.673. The molecule has 0 N–H and O–H groups in total. The van der Waals surface area contributed by atoms with Crippen molar-refractivity contribution >= 4 is 0 Å². The smallest absolute Gasteiger partial charge is 0.164 e. The highest BCUT2D eigenvalue weighted by molar-refractivity contribution is 5.99. The minimum Gasteiger partial charge on any atom is -0.208 e. The molecule has 3 heteroatoms. The summed E-state index contributed by atoms with van der Waals surface area (Å²) in [6.07, 6.45) is 0. The van der Waals surface area contributed by atoms with Crippen LogP contribution < -0.4 is 0 Å². The summed E-state index contributed by atoms with van der Waals surface area (Å²) in [5, 5.41) is 0. The van der Waals surface area contributed by atoms with Crippen LogP contribution in [0.15, 0.2) is 273 Å². The van der Waals surface area contributed by atoms with E-state index in [2.05, 4.69) is 273 Å². The van der Waals surface area contributed by atoms with Crippen molar-refractivity contribution < 1.29 is 0 Å². The average molecular weight is 928 g/mol. The van der Waals surface area contributed by atoms with E-state index in [4.69, 9.17) is 15.0 Å². The lowest BCUT2D eigenvalue weighted by atomic mass is 9.69. The zero-order valence-electron chi connectivity index (χ0n) is 39.8. The lowest BCUT2D eigenvalue weighted by molar-refractivity contribution is 0.794. The van der Waals surface area contributed by atoms with E-state index in [0.717, 1.165) is 61.2 Å². The molecule has 1 spiro atoms. The lowest BCUT2D eigenvalue weighted by Crippen LogP contribution is -2.27. The first-order valence-corrected chi connectivity index (χ1v) is 25.0. The van der Waals surface area contributed by atoms with Crippen molar-refractivity contribution in [3.05, 3.63) is 295 Å². The Morgan fingerprint density at radius 3 is 0.973 bits per heavy atom. The number of hydrogen-bond acceptors (Lipinski definition) is 3. The van der Waals surface area contributed by atoms with Crippen LogP contribution in [0.2, 0.25) is 0 Å². The van der Waals surface area contributed by atoms with Gasteiger partial charge in [-0.05, 0) is 143 Å². The molecule has 2 aliphatic carbocycles. The maximum Gasteiger partial charge on any atom is 0.164 e. The quantitative estimate of drug-likeness (QED) is 0.152. The summed E-state index contributed by atoms with van der Waals surface area (Å²) in [5.41, 5.74) is 23.1. The van der Waals surface area contributed by atoms with Crippen molar-refractivity contribution in [3.8, 4) is 112 Å². The monoisotopic (exact) mass is 927 g/mol. The number of hydrogen-bond donors (Lipinski definition) is 0. The van der Waals surface area contributed by atoms with Crippen molar-refractivity contribution in [2.45, 2.75) is 5.41 Å². The Morgan fingerprint density at radius 2 is 0.521 bits per heavy atom. The van der Waals surface area contributed by atoms with E-state index in [1.54, 1.807) is 0 Å². The molecule has 12 aromatic rings. The van der Waals surface area contributed by atoms with Gasteiger partial charge >= 0.3 is 0 Å². The molecule has 0 bridgehead atoms. The van der Waals surface area contributed by atoms with Gasteiger partial charge in [-0.3, -0.25) is 0 Å². The molecule has 1 aromatic heterocycles. The molecule has 1 atom stereocenters. The van der Waals surface area contributed by atoms with E-state index >= 15 is 0 Å². The van der Waals surface area contributed by atoms with Crippen LogP contribution >= 0.6 is 0 Å². The Bertz CT molecular complexity index is 3780. The van der Waals surface area contributed by atoms with Crippen molar-refractivity contribution in [2.24, 2.45) is 0 Å². The highest BCUT2D eigenvalue weighted by Crippen LogP contribution is 2.64. The minimum absolute atomic E-state index is 0.599. The second-order valence-corrected chi connectivity index (χ2v) is 19.1. The third kappa shape index (κ3) is 7.08. The highest BCUT2D eigenvalue weighted by atomic mass is 15.0. The van der Waals surface area contributed by atoms with Gasteiger partial charge in [-0.1, -0.05) is 231 Å². The van der Waals surface area contributed by atoms with Gasteiger partial charge in [0.25, 0.3) is 0 Å². The van der Waals surface area contributed by atoms with Crippen molar-refractivity contribution in [3.63, 3.8) is 0 Å². The zero-order valence-corrected chi connectivity index (χ0v) is 39.8. The summed E-state index contributed by atoms with van der Waals surface area (Å²) >= 11 is 0. The molecule has 1 unspecified atom stereocenters. The molecule has 14 rings (SSSR count). The van der Waals surface area contributed by atoms with Crippen LogP contribution in [0.25, 0.3) is 112 Å². The maximum absolute atomic E-state index is 5.68. The molecule has 0 saturated heterocycles. The number of fused-ring (bicyclic) bond motifs is 10. The van der Waals surface area contributed by atoms with E-state index < -0.39 is 5.41 Å². The molecule has 1 heterocycles. The SMILES string of the molecule is c1ccc(-c2cc(-c3ccccc3)cc(-c3nc(-c4cc(-c5ccccc5)cc(-c5ccccc5)c4)nc(-c4cccc5c4C4(c6ccccc6-c6ccc(-c7ccccc7)cc64)c4ccccc4-5)n3)c2)cc1. The van der Waals surface area contributed by atoms with Gasteiger partial charge in [-0.25, -0.2) is 15.0 Å². The first kappa shape index (κ1) is 42.3. The van der Waals surface area contributed by atoms with E-state index in [9.17, 15) is 0 Å². The highest BCUT2D eigenvalue weighted by Gasteiger charge is 2.53. The number of aromatic nitrogens is 3. The van der Waals surface area contributed by atoms with Gasteiger partial charge in [0.2, 0.25) is 0 Å². The maximum atomic E-state index is 5.68. The molecule has 0 fully saturated rings. The fourth-order valence-electron chi connectivity index (χ4n) is 11.7. The Labute approximate surface area is 425 Å². The Balaban J connectivity index is 1.07. The van der Waals surface area contributed by atoms with Crippen LogP contribution in [0, 0.1) is 0 Å². The van der Waals surface area contributed by atoms with Crippen molar-refractivity contribution in [2.75, 3.05) is 0 Å². The first-order valence-electron chi connectivity index (χ1n) is 25.0. The average Bonchev–Trinajstić information content (AvgIpc) is 3.95. The van der Waals surface area contributed by atoms with Crippen LogP contribution in [0.4, 0.5) is 0 Å². The van der Waals surface area contributed by atoms with Crippen molar-refractivity contribution in [1.82, 2.24) is 15.0 Å². The molecule has 340 valence electrons. The fourth-order valence-corrected chi connectivity index (χ4v) is 11.7. The van der Waals surface area contributed by atoms with Gasteiger partial charge < -0.3 is 0 Å². The van der Waals surface area contributed by atoms with Gasteiger partial charge in [0, 0.05) is 16.7 Å². The summed E-state index contributed by atoms with van der Waals surface area (Å²) in [6.45, 7) is 0. The molecular formula is C70H45N3. The van der Waals surface area contributed by atoms with Crippen LogP contribution in [0.3, 0.4) is 0 Å². The number of nitrogens with zero attached hydrogens (tertiary/aromatic N) is 3. The second kappa shape index (κ2) is 17.4. The van der Waals surface area contributed by atoms with Crippen molar-refractivity contribution in [1.29, 1.82) is 0 Å². The first-order chi connectivity index (χ1) is 36.2. The summed E-state index contributed by atoms with van der Waals surface area (Å²) < 4.78 is 0. The topological polar surface area (TPSA) is 38.7 Å². The van der Waals surface area contributed by atoms with Gasteiger partial charge in [0.05, 0.1) is 5.41 Å². The van der Waals surface area contributed by atoms with Gasteiger partial charge in [0.15, 0.2) is 17.5 Å². The molecular weight excluding hydrogens is 883 g/mol. The summed E-state index contributed by atoms with van der Waals surface area (Å²) in [4.78, 5) is 16.9. The van der Waals surface area contributed by atoms with Gasteiger partial charge in [-0.15, -0.1) is 0 Å². The summed E-state index contributed by atoms with van der Waals surface area (Å²) in [7, 11) is 0. The van der Waals surface area contributed by atoms with E-state index in [0.29, 0.717) is 17.5 Å². The molecule has 0 amide bonds. The lowest BCUT2D eigenvalue weighted by Gasteiger charge is -2.32. The predicted molar refractivity (Wildman–Crippen MR) is 300 cm³/mol. The molecule has 0 aliphatic heterocycles. The molecule has 73 heavy (non-hydrogen) atoms. The van der Waals surface area contributed by atoms with Crippen LogP contribution in [-0.2, 0) is 5.41 Å². The normalized spacial score (nSPS) is 13.8. The number of benzene rings is 11. The van der Waals surface area contributed by atoms with Crippen LogP contribution in [-0.4, -0.2) is 15.0 Å². The Hall–Kier alpha value is -9.57. The standard InChI is InChI=1S/C70H45N3/c1-6-21-46(22-7-1)51-37-38-60-58-31-16-18-35-63(58)70(65(60)45-51)64-36-19-17-32-59(64)61-33-20-34-62(66(61)70)69-72-67(56-41-52(47-23-8-2-9-24-47)39-53(42-56)48-25-10-3-11-26-48)71-68(73-69)57-43-54(49-27-12-4-13-28-49)40-55(44-57)50-29-14-5-15-30-50/h1-45H. The Kier molecular flexibility index (Phi) is 10.1.